The first-order valence-electron chi connectivity index (χ1n) is 4.79. The van der Waals surface area contributed by atoms with E-state index in [1.54, 1.807) is 6.08 Å². The van der Waals surface area contributed by atoms with Crippen LogP contribution in [-0.4, -0.2) is 13.6 Å². The van der Waals surface area contributed by atoms with Crippen molar-refractivity contribution in [2.45, 2.75) is 0 Å². The minimum atomic E-state index is 0.777. The summed E-state index contributed by atoms with van der Waals surface area (Å²) in [5.74, 6) is 0. The average Bonchev–Trinajstić information content (AvgIpc) is 2.22. The first-order chi connectivity index (χ1) is 7.11. The quantitative estimate of drug-likeness (QED) is 0.624. The van der Waals surface area contributed by atoms with E-state index in [1.807, 2.05) is 31.4 Å². The summed E-state index contributed by atoms with van der Waals surface area (Å²) in [5.41, 5.74) is 2.77. The van der Waals surface area contributed by atoms with Gasteiger partial charge in [-0.15, -0.1) is 0 Å². The molecule has 0 radical (unpaired) electrons. The van der Waals surface area contributed by atoms with Gasteiger partial charge in [0.05, 0.1) is 0 Å². The van der Waals surface area contributed by atoms with E-state index in [-0.39, 0.29) is 0 Å². The molecule has 0 spiro atoms. The minimum absolute atomic E-state index is 0.777. The fourth-order valence-electron chi connectivity index (χ4n) is 0.903. The van der Waals surface area contributed by atoms with Gasteiger partial charge in [-0.25, -0.2) is 0 Å². The van der Waals surface area contributed by atoms with Gasteiger partial charge in [0.25, 0.3) is 0 Å². The van der Waals surface area contributed by atoms with Crippen LogP contribution in [0.1, 0.15) is 0 Å². The molecule has 15 heavy (non-hydrogen) atoms. The molecular weight excluding hydrogens is 182 g/mol. The normalized spacial score (nSPS) is 10.7. The van der Waals surface area contributed by atoms with Gasteiger partial charge in [-0.3, -0.25) is 0 Å². The summed E-state index contributed by atoms with van der Waals surface area (Å²) < 4.78 is 0. The highest BCUT2D eigenvalue weighted by Crippen LogP contribution is 2.09. The van der Waals surface area contributed by atoms with Crippen LogP contribution in [0.4, 0.5) is 0 Å². The van der Waals surface area contributed by atoms with E-state index >= 15 is 0 Å². The largest absolute Gasteiger partial charge is 0.316 e. The summed E-state index contributed by atoms with van der Waals surface area (Å²) in [6.45, 7) is 16.0. The zero-order valence-corrected chi connectivity index (χ0v) is 9.42. The molecule has 0 aromatic heterocycles. The molecule has 0 rings (SSSR count). The molecule has 0 aliphatic heterocycles. The maximum absolute atomic E-state index is 3.91. The van der Waals surface area contributed by atoms with Crippen LogP contribution in [0, 0.1) is 0 Å². The van der Waals surface area contributed by atoms with Crippen LogP contribution in [-0.2, 0) is 0 Å². The van der Waals surface area contributed by atoms with E-state index in [9.17, 15) is 0 Å². The van der Waals surface area contributed by atoms with Gasteiger partial charge in [0.15, 0.2) is 0 Å². The molecule has 1 nitrogen and oxygen atoms in total. The maximum atomic E-state index is 3.91. The molecule has 0 aliphatic carbocycles. The summed E-state index contributed by atoms with van der Waals surface area (Å²) in [6, 6.07) is 0. The molecule has 0 aliphatic rings. The van der Waals surface area contributed by atoms with Gasteiger partial charge in [0.1, 0.15) is 0 Å². The van der Waals surface area contributed by atoms with Crippen LogP contribution in [0.2, 0.25) is 0 Å². The smallest absolute Gasteiger partial charge is 0.0196 e. The summed E-state index contributed by atoms with van der Waals surface area (Å²) in [6.07, 6.45) is 9.27. The Balaban J connectivity index is 4.24. The lowest BCUT2D eigenvalue weighted by Gasteiger charge is -2.00. The lowest BCUT2D eigenvalue weighted by molar-refractivity contribution is 0.898. The Bertz CT molecular complexity index is 316. The molecule has 0 atom stereocenters. The Hall–Kier alpha value is -1.60. The molecule has 0 heterocycles. The van der Waals surface area contributed by atoms with Crippen molar-refractivity contribution in [1.82, 2.24) is 5.32 Å². The Morgan fingerprint density at radius 2 is 1.67 bits per heavy atom. The van der Waals surface area contributed by atoms with Crippen LogP contribution in [0.5, 0.6) is 0 Å². The summed E-state index contributed by atoms with van der Waals surface area (Å²) in [5, 5.41) is 3.02. The van der Waals surface area contributed by atoms with Crippen LogP contribution in [0.3, 0.4) is 0 Å². The highest BCUT2D eigenvalue weighted by atomic mass is 14.8. The van der Waals surface area contributed by atoms with Crippen LogP contribution < -0.4 is 5.32 Å². The number of rotatable bonds is 7. The lowest BCUT2D eigenvalue weighted by atomic mass is 10.1. The summed E-state index contributed by atoms with van der Waals surface area (Å²) in [4.78, 5) is 0. The van der Waals surface area contributed by atoms with Crippen molar-refractivity contribution < 1.29 is 0 Å². The van der Waals surface area contributed by atoms with Crippen molar-refractivity contribution in [1.29, 1.82) is 0 Å². The molecule has 0 fully saturated rings. The van der Waals surface area contributed by atoms with Crippen molar-refractivity contribution in [3.8, 4) is 0 Å². The van der Waals surface area contributed by atoms with Crippen LogP contribution in [0.25, 0.3) is 0 Å². The van der Waals surface area contributed by atoms with Crippen LogP contribution >= 0.6 is 0 Å². The Morgan fingerprint density at radius 3 is 2.20 bits per heavy atom. The third kappa shape index (κ3) is 6.47. The van der Waals surface area contributed by atoms with Gasteiger partial charge < -0.3 is 5.32 Å². The first kappa shape index (κ1) is 13.4. The lowest BCUT2D eigenvalue weighted by Crippen LogP contribution is -2.08. The number of hydrogen-bond acceptors (Lipinski definition) is 1. The Kier molecular flexibility index (Phi) is 6.94. The molecule has 0 unspecified atom stereocenters. The zero-order valence-electron chi connectivity index (χ0n) is 9.42. The van der Waals surface area contributed by atoms with Crippen molar-refractivity contribution in [2.24, 2.45) is 0 Å². The molecule has 80 valence electrons. The van der Waals surface area contributed by atoms with E-state index in [0.717, 1.165) is 23.3 Å². The predicted molar refractivity (Wildman–Crippen MR) is 69.8 cm³/mol. The number of likely N-dealkylation sites (N-methyl/N-ethyl adjacent to an activating group) is 1. The first-order valence-corrected chi connectivity index (χ1v) is 4.79. The molecule has 0 bridgehead atoms. The van der Waals surface area contributed by atoms with Gasteiger partial charge in [0, 0.05) is 6.54 Å². The van der Waals surface area contributed by atoms with E-state index in [0.29, 0.717) is 0 Å². The van der Waals surface area contributed by atoms with Gasteiger partial charge in [0.2, 0.25) is 0 Å². The second kappa shape index (κ2) is 7.77. The van der Waals surface area contributed by atoms with Crippen molar-refractivity contribution in [3.63, 3.8) is 0 Å². The second-order valence-corrected chi connectivity index (χ2v) is 3.17. The maximum Gasteiger partial charge on any atom is 0.0196 e. The van der Waals surface area contributed by atoms with E-state index in [4.69, 9.17) is 0 Å². The van der Waals surface area contributed by atoms with Crippen molar-refractivity contribution in [3.05, 3.63) is 73.4 Å². The molecule has 0 saturated heterocycles. The molecular formula is C14H19N. The van der Waals surface area contributed by atoms with E-state index < -0.39 is 0 Å². The predicted octanol–water partition coefficient (Wildman–Crippen LogP) is 3.17. The fraction of sp³-hybridized carbons (Fsp3) is 0.143. The molecule has 0 amide bonds. The fourth-order valence-corrected chi connectivity index (χ4v) is 0.903. The van der Waals surface area contributed by atoms with Crippen LogP contribution in [0.15, 0.2) is 73.4 Å². The van der Waals surface area contributed by atoms with Gasteiger partial charge in [-0.2, -0.15) is 0 Å². The number of hydrogen-bond donors (Lipinski definition) is 1. The van der Waals surface area contributed by atoms with E-state index in [1.165, 1.54) is 0 Å². The SMILES string of the molecule is C=C/C=C\C(=C)C(=C)/C=C\C(=C)CNC. The molecule has 1 heteroatoms. The van der Waals surface area contributed by atoms with E-state index in [2.05, 4.69) is 31.6 Å². The Morgan fingerprint density at radius 1 is 1.07 bits per heavy atom. The summed E-state index contributed by atoms with van der Waals surface area (Å²) >= 11 is 0. The van der Waals surface area contributed by atoms with Crippen molar-refractivity contribution in [2.75, 3.05) is 13.6 Å². The average molecular weight is 201 g/mol. The zero-order chi connectivity index (χ0) is 11.7. The summed E-state index contributed by atoms with van der Waals surface area (Å²) in [7, 11) is 1.89. The monoisotopic (exact) mass is 201 g/mol. The number of nitrogens with one attached hydrogen (secondary N) is 1. The minimum Gasteiger partial charge on any atom is -0.316 e. The highest BCUT2D eigenvalue weighted by Gasteiger charge is 1.91. The van der Waals surface area contributed by atoms with Gasteiger partial charge in [-0.05, 0) is 23.8 Å². The third-order valence-electron chi connectivity index (χ3n) is 1.77. The third-order valence-corrected chi connectivity index (χ3v) is 1.77. The molecule has 0 aromatic rings. The highest BCUT2D eigenvalue weighted by molar-refractivity contribution is 5.44. The molecule has 0 saturated carbocycles. The Labute approximate surface area is 92.9 Å². The molecule has 1 N–H and O–H groups in total. The standard InChI is InChI=1S/C14H19N/c1-6-7-8-13(3)14(4)10-9-12(2)11-15-5/h6-10,15H,1-4,11H2,5H3/b8-7-,10-9-. The van der Waals surface area contributed by atoms with Gasteiger partial charge >= 0.3 is 0 Å². The van der Waals surface area contributed by atoms with Crippen molar-refractivity contribution >= 4 is 0 Å². The number of allylic oxidation sites excluding steroid dienone is 6. The van der Waals surface area contributed by atoms with Gasteiger partial charge in [-0.1, -0.05) is 56.7 Å². The molecule has 0 aromatic carbocycles. The second-order valence-electron chi connectivity index (χ2n) is 3.17. The topological polar surface area (TPSA) is 12.0 Å².